The molecular formula is C20H14N4O2. The van der Waals surface area contributed by atoms with Crippen molar-refractivity contribution in [2.24, 2.45) is 16.8 Å². The molecule has 3 atom stereocenters. The van der Waals surface area contributed by atoms with Crippen molar-refractivity contribution < 1.29 is 9.57 Å². The molecule has 4 rings (SSSR count). The van der Waals surface area contributed by atoms with Gasteiger partial charge >= 0.3 is 0 Å². The predicted molar refractivity (Wildman–Crippen MR) is 93.2 cm³/mol. The fourth-order valence-corrected chi connectivity index (χ4v) is 3.41. The highest BCUT2D eigenvalue weighted by molar-refractivity contribution is 6.04. The maximum atomic E-state index is 9.67. The Bertz CT molecular complexity index is 981. The zero-order valence-corrected chi connectivity index (χ0v) is 13.7. The summed E-state index contributed by atoms with van der Waals surface area (Å²) >= 11 is 0. The van der Waals surface area contributed by atoms with Crippen LogP contribution >= 0.6 is 0 Å². The van der Waals surface area contributed by atoms with Gasteiger partial charge in [-0.25, -0.2) is 0 Å². The normalized spacial score (nSPS) is 23.8. The fraction of sp³-hybridized carbons (Fsp3) is 0.150. The number of hydrogen-bond donors (Lipinski definition) is 1. The molecule has 0 spiro atoms. The van der Waals surface area contributed by atoms with Crippen LogP contribution in [0.5, 0.6) is 0 Å². The minimum Gasteiger partial charge on any atom is -0.436 e. The lowest BCUT2D eigenvalue weighted by Crippen LogP contribution is -2.38. The summed E-state index contributed by atoms with van der Waals surface area (Å²) in [4.78, 5) is 5.47. The Hall–Kier alpha value is -3.77. The summed E-state index contributed by atoms with van der Waals surface area (Å²) in [6.07, 6.45) is -0.692. The van der Waals surface area contributed by atoms with Crippen molar-refractivity contribution in [2.45, 2.75) is 12.2 Å². The lowest BCUT2D eigenvalue weighted by atomic mass is 9.75. The Labute approximate surface area is 150 Å². The first kappa shape index (κ1) is 15.7. The molecule has 6 nitrogen and oxygen atoms in total. The molecule has 0 saturated heterocycles. The Morgan fingerprint density at radius 2 is 1.69 bits per heavy atom. The molecule has 2 aliphatic rings. The lowest BCUT2D eigenvalue weighted by Gasteiger charge is -2.33. The highest BCUT2D eigenvalue weighted by Gasteiger charge is 2.48. The van der Waals surface area contributed by atoms with E-state index in [0.717, 1.165) is 11.1 Å². The lowest BCUT2D eigenvalue weighted by molar-refractivity contribution is -0.129. The number of benzene rings is 2. The van der Waals surface area contributed by atoms with Crippen LogP contribution in [-0.4, -0.2) is 12.0 Å². The van der Waals surface area contributed by atoms with Gasteiger partial charge in [0.25, 0.3) is 6.29 Å². The molecule has 2 aromatic carbocycles. The van der Waals surface area contributed by atoms with Gasteiger partial charge in [-0.2, -0.15) is 10.5 Å². The first-order valence-corrected chi connectivity index (χ1v) is 8.08. The van der Waals surface area contributed by atoms with E-state index < -0.39 is 6.29 Å². The maximum absolute atomic E-state index is 9.67. The van der Waals surface area contributed by atoms with E-state index in [0.29, 0.717) is 16.8 Å². The Balaban J connectivity index is 1.83. The number of hydrogen-bond acceptors (Lipinski definition) is 6. The molecule has 126 valence electrons. The number of rotatable bonds is 2. The number of allylic oxidation sites excluding steroid dienone is 1. The van der Waals surface area contributed by atoms with Crippen LogP contribution in [0.1, 0.15) is 22.6 Å². The van der Waals surface area contributed by atoms with Crippen LogP contribution in [0.4, 0.5) is 0 Å². The third kappa shape index (κ3) is 2.45. The fourth-order valence-electron chi connectivity index (χ4n) is 3.41. The standard InChI is InChI=1S/C20H14N4O2/c21-10-12-6-8-13(9-7-12)16-15(11-22)19(23)25-20-17(16)18(24-26-20)14-4-2-1-3-5-14/h1-9,16-17,20H,23H2. The molecule has 6 heteroatoms. The molecule has 26 heavy (non-hydrogen) atoms. The number of ether oxygens (including phenoxy) is 1. The van der Waals surface area contributed by atoms with Crippen molar-refractivity contribution in [3.63, 3.8) is 0 Å². The molecule has 2 N–H and O–H groups in total. The van der Waals surface area contributed by atoms with E-state index in [9.17, 15) is 5.26 Å². The molecule has 0 amide bonds. The van der Waals surface area contributed by atoms with Crippen LogP contribution in [0.25, 0.3) is 0 Å². The summed E-state index contributed by atoms with van der Waals surface area (Å²) < 4.78 is 5.61. The van der Waals surface area contributed by atoms with Gasteiger partial charge in [-0.05, 0) is 23.3 Å². The summed E-state index contributed by atoms with van der Waals surface area (Å²) in [6.45, 7) is 0. The molecule has 2 aliphatic heterocycles. The molecule has 0 fully saturated rings. The van der Waals surface area contributed by atoms with Gasteiger partial charge < -0.3 is 15.3 Å². The van der Waals surface area contributed by atoms with E-state index in [1.807, 2.05) is 42.5 Å². The third-order valence-corrected chi connectivity index (χ3v) is 4.63. The van der Waals surface area contributed by atoms with Gasteiger partial charge in [0.1, 0.15) is 6.07 Å². The second-order valence-corrected chi connectivity index (χ2v) is 6.06. The minimum atomic E-state index is -0.692. The first-order valence-electron chi connectivity index (χ1n) is 8.08. The monoisotopic (exact) mass is 342 g/mol. The maximum Gasteiger partial charge on any atom is 0.276 e. The van der Waals surface area contributed by atoms with E-state index in [1.54, 1.807) is 12.1 Å². The molecule has 0 radical (unpaired) electrons. The average Bonchev–Trinajstić information content (AvgIpc) is 3.11. The molecule has 3 unspecified atom stereocenters. The van der Waals surface area contributed by atoms with Crippen LogP contribution in [0.15, 0.2) is 71.2 Å². The van der Waals surface area contributed by atoms with Crippen LogP contribution < -0.4 is 5.73 Å². The SMILES string of the molecule is N#CC1=C(N)OC2ON=C(c3ccccc3)C2C1c1ccc(C#N)cc1. The smallest absolute Gasteiger partial charge is 0.276 e. The van der Waals surface area contributed by atoms with Gasteiger partial charge in [-0.15, -0.1) is 0 Å². The second-order valence-electron chi connectivity index (χ2n) is 6.06. The van der Waals surface area contributed by atoms with Crippen LogP contribution in [-0.2, 0) is 9.57 Å². The van der Waals surface area contributed by atoms with E-state index in [-0.39, 0.29) is 17.7 Å². The predicted octanol–water partition coefficient (Wildman–Crippen LogP) is 2.74. The average molecular weight is 342 g/mol. The molecule has 0 aromatic heterocycles. The Morgan fingerprint density at radius 1 is 0.962 bits per heavy atom. The van der Waals surface area contributed by atoms with Crippen LogP contribution in [0.2, 0.25) is 0 Å². The molecule has 2 aromatic rings. The van der Waals surface area contributed by atoms with Crippen LogP contribution in [0.3, 0.4) is 0 Å². The highest BCUT2D eigenvalue weighted by Crippen LogP contribution is 2.44. The highest BCUT2D eigenvalue weighted by atomic mass is 16.8. The molecule has 2 heterocycles. The summed E-state index contributed by atoms with van der Waals surface area (Å²) in [6, 6.07) is 21.0. The van der Waals surface area contributed by atoms with Crippen molar-refractivity contribution in [3.8, 4) is 12.1 Å². The first-order chi connectivity index (χ1) is 12.7. The molecular weight excluding hydrogens is 328 g/mol. The zero-order chi connectivity index (χ0) is 18.1. The number of fused-ring (bicyclic) bond motifs is 1. The van der Waals surface area contributed by atoms with Crippen molar-refractivity contribution >= 4 is 5.71 Å². The van der Waals surface area contributed by atoms with Crippen molar-refractivity contribution in [2.75, 3.05) is 0 Å². The van der Waals surface area contributed by atoms with E-state index in [2.05, 4.69) is 17.3 Å². The van der Waals surface area contributed by atoms with Crippen molar-refractivity contribution in [3.05, 3.63) is 82.7 Å². The summed E-state index contributed by atoms with van der Waals surface area (Å²) in [7, 11) is 0. The van der Waals surface area contributed by atoms with Gasteiger partial charge in [-0.1, -0.05) is 47.6 Å². The van der Waals surface area contributed by atoms with Crippen LogP contribution in [0, 0.1) is 28.6 Å². The number of nitrogens with zero attached hydrogens (tertiary/aromatic N) is 3. The molecule has 0 bridgehead atoms. The topological polar surface area (TPSA) is 104 Å². The van der Waals surface area contributed by atoms with Crippen molar-refractivity contribution in [1.82, 2.24) is 0 Å². The number of nitrogens with two attached hydrogens (primary N) is 1. The van der Waals surface area contributed by atoms with Gasteiger partial charge in [-0.3, -0.25) is 0 Å². The van der Waals surface area contributed by atoms with E-state index in [1.165, 1.54) is 0 Å². The Kier molecular flexibility index (Phi) is 3.79. The minimum absolute atomic E-state index is 0.0487. The quantitative estimate of drug-likeness (QED) is 0.903. The second kappa shape index (κ2) is 6.27. The zero-order valence-electron chi connectivity index (χ0n) is 13.7. The summed E-state index contributed by atoms with van der Waals surface area (Å²) in [5, 5.41) is 22.9. The summed E-state index contributed by atoms with van der Waals surface area (Å²) in [5.41, 5.74) is 9.32. The van der Waals surface area contributed by atoms with Gasteiger partial charge in [0.05, 0.1) is 28.8 Å². The van der Waals surface area contributed by atoms with E-state index >= 15 is 0 Å². The summed E-state index contributed by atoms with van der Waals surface area (Å²) in [5.74, 6) is -0.632. The van der Waals surface area contributed by atoms with Gasteiger partial charge in [0.15, 0.2) is 0 Å². The van der Waals surface area contributed by atoms with E-state index in [4.69, 9.17) is 20.6 Å². The third-order valence-electron chi connectivity index (χ3n) is 4.63. The van der Waals surface area contributed by atoms with Gasteiger partial charge in [0.2, 0.25) is 5.88 Å². The Morgan fingerprint density at radius 3 is 2.35 bits per heavy atom. The van der Waals surface area contributed by atoms with Gasteiger partial charge in [0, 0.05) is 5.92 Å². The molecule has 0 saturated carbocycles. The number of oxime groups is 1. The molecule has 0 aliphatic carbocycles. The number of nitriles is 2. The largest absolute Gasteiger partial charge is 0.436 e. The van der Waals surface area contributed by atoms with Crippen molar-refractivity contribution in [1.29, 1.82) is 10.5 Å².